The van der Waals surface area contributed by atoms with Gasteiger partial charge in [0.25, 0.3) is 0 Å². The molecule has 1 fully saturated rings. The molecule has 0 bridgehead atoms. The van der Waals surface area contributed by atoms with Gasteiger partial charge in [-0.25, -0.2) is 4.39 Å². The lowest BCUT2D eigenvalue weighted by molar-refractivity contribution is -0.132. The Labute approximate surface area is 126 Å². The van der Waals surface area contributed by atoms with Crippen LogP contribution in [-0.2, 0) is 16.1 Å². The van der Waals surface area contributed by atoms with Gasteiger partial charge in [0.2, 0.25) is 0 Å². The Kier molecular flexibility index (Phi) is 4.22. The van der Waals surface area contributed by atoms with E-state index in [1.165, 1.54) is 12.1 Å². The van der Waals surface area contributed by atoms with Crippen molar-refractivity contribution in [3.8, 4) is 0 Å². The monoisotopic (exact) mass is 293 g/mol. The molecule has 0 aliphatic carbocycles. The molecule has 1 aliphatic rings. The van der Waals surface area contributed by atoms with Crippen molar-refractivity contribution in [1.29, 1.82) is 0 Å². The topological polar surface area (TPSA) is 29.5 Å². The third kappa shape index (κ3) is 3.50. The van der Waals surface area contributed by atoms with Crippen molar-refractivity contribution in [2.24, 2.45) is 5.92 Å². The standard InChI is InChI=1S/C17H24FNO2/c1-16(2)14(15(20)17(3,4)21-16)11-19(5)10-12-7-6-8-13(18)9-12/h6-9,14H,10-11H2,1-5H3. The van der Waals surface area contributed by atoms with Gasteiger partial charge in [0.15, 0.2) is 5.78 Å². The molecule has 2 rings (SSSR count). The van der Waals surface area contributed by atoms with Crippen LogP contribution in [0.15, 0.2) is 24.3 Å². The number of hydrogen-bond donors (Lipinski definition) is 0. The molecule has 1 saturated heterocycles. The van der Waals surface area contributed by atoms with Crippen LogP contribution < -0.4 is 0 Å². The van der Waals surface area contributed by atoms with E-state index in [2.05, 4.69) is 0 Å². The largest absolute Gasteiger partial charge is 0.361 e. The first kappa shape index (κ1) is 16.1. The van der Waals surface area contributed by atoms with Crippen molar-refractivity contribution in [3.05, 3.63) is 35.6 Å². The van der Waals surface area contributed by atoms with Crippen LogP contribution >= 0.6 is 0 Å². The maximum atomic E-state index is 13.2. The molecule has 1 aromatic rings. The van der Waals surface area contributed by atoms with E-state index in [0.29, 0.717) is 13.1 Å². The fourth-order valence-corrected chi connectivity index (χ4v) is 3.14. The number of hydrogen-bond acceptors (Lipinski definition) is 3. The maximum absolute atomic E-state index is 13.2. The number of rotatable bonds is 4. The van der Waals surface area contributed by atoms with Crippen LogP contribution in [0, 0.1) is 11.7 Å². The van der Waals surface area contributed by atoms with Crippen molar-refractivity contribution in [2.75, 3.05) is 13.6 Å². The molecular formula is C17H24FNO2. The van der Waals surface area contributed by atoms with Gasteiger partial charge < -0.3 is 9.64 Å². The number of carbonyl (C=O) groups is 1. The van der Waals surface area contributed by atoms with E-state index in [1.807, 2.05) is 45.7 Å². The lowest BCUT2D eigenvalue weighted by atomic mass is 9.85. The lowest BCUT2D eigenvalue weighted by Gasteiger charge is -2.28. The Balaban J connectivity index is 2.05. The van der Waals surface area contributed by atoms with Gasteiger partial charge in [-0.1, -0.05) is 12.1 Å². The summed E-state index contributed by atoms with van der Waals surface area (Å²) in [5.74, 6) is -0.271. The maximum Gasteiger partial charge on any atom is 0.171 e. The highest BCUT2D eigenvalue weighted by molar-refractivity contribution is 5.91. The van der Waals surface area contributed by atoms with Crippen molar-refractivity contribution >= 4 is 5.78 Å². The molecule has 21 heavy (non-hydrogen) atoms. The first-order valence-corrected chi connectivity index (χ1v) is 7.29. The highest BCUT2D eigenvalue weighted by atomic mass is 19.1. The molecule has 0 saturated carbocycles. The predicted molar refractivity (Wildman–Crippen MR) is 80.5 cm³/mol. The Bertz CT molecular complexity index is 539. The van der Waals surface area contributed by atoms with Crippen LogP contribution in [0.5, 0.6) is 0 Å². The second kappa shape index (κ2) is 5.50. The summed E-state index contributed by atoms with van der Waals surface area (Å²) in [6, 6.07) is 6.55. The molecular weight excluding hydrogens is 269 g/mol. The SMILES string of the molecule is CN(Cc1cccc(F)c1)CC1C(=O)C(C)(C)OC1(C)C. The van der Waals surface area contributed by atoms with E-state index in [0.717, 1.165) is 5.56 Å². The average Bonchev–Trinajstić information content (AvgIpc) is 2.47. The molecule has 1 heterocycles. The van der Waals surface area contributed by atoms with Crippen LogP contribution in [0.25, 0.3) is 0 Å². The Hall–Kier alpha value is -1.26. The molecule has 0 aromatic heterocycles. The van der Waals surface area contributed by atoms with Crippen molar-refractivity contribution in [1.82, 2.24) is 4.90 Å². The average molecular weight is 293 g/mol. The minimum absolute atomic E-state index is 0.138. The summed E-state index contributed by atoms with van der Waals surface area (Å²) in [7, 11) is 1.94. The van der Waals surface area contributed by atoms with E-state index < -0.39 is 11.2 Å². The van der Waals surface area contributed by atoms with Gasteiger partial charge in [0, 0.05) is 13.1 Å². The summed E-state index contributed by atoms with van der Waals surface area (Å²) in [5.41, 5.74) is -0.300. The predicted octanol–water partition coefficient (Wildman–Crippen LogP) is 3.03. The molecule has 1 atom stereocenters. The van der Waals surface area contributed by atoms with E-state index in [4.69, 9.17) is 4.74 Å². The highest BCUT2D eigenvalue weighted by Crippen LogP contribution is 2.39. The van der Waals surface area contributed by atoms with Gasteiger partial charge in [-0.2, -0.15) is 0 Å². The van der Waals surface area contributed by atoms with Crippen molar-refractivity contribution in [2.45, 2.75) is 45.4 Å². The number of Topliss-reactive ketones (excluding diaryl/α,β-unsaturated/α-hetero) is 1. The fraction of sp³-hybridized carbons (Fsp3) is 0.588. The van der Waals surface area contributed by atoms with E-state index in [9.17, 15) is 9.18 Å². The third-order valence-corrected chi connectivity index (χ3v) is 4.10. The zero-order chi connectivity index (χ0) is 15.8. The number of benzene rings is 1. The molecule has 1 unspecified atom stereocenters. The second-order valence-electron chi connectivity index (χ2n) is 6.96. The fourth-order valence-electron chi connectivity index (χ4n) is 3.14. The molecule has 0 N–H and O–H groups in total. The van der Waals surface area contributed by atoms with Gasteiger partial charge in [-0.3, -0.25) is 4.79 Å². The zero-order valence-corrected chi connectivity index (χ0v) is 13.4. The first-order valence-electron chi connectivity index (χ1n) is 7.29. The van der Waals surface area contributed by atoms with Crippen LogP contribution in [0.3, 0.4) is 0 Å². The van der Waals surface area contributed by atoms with Crippen LogP contribution in [-0.4, -0.2) is 35.5 Å². The molecule has 0 spiro atoms. The Morgan fingerprint density at radius 3 is 2.48 bits per heavy atom. The van der Waals surface area contributed by atoms with Crippen LogP contribution in [0.4, 0.5) is 4.39 Å². The van der Waals surface area contributed by atoms with Crippen molar-refractivity contribution < 1.29 is 13.9 Å². The minimum Gasteiger partial charge on any atom is -0.361 e. The number of carbonyl (C=O) groups excluding carboxylic acids is 1. The normalized spacial score (nSPS) is 23.8. The Morgan fingerprint density at radius 2 is 1.95 bits per heavy atom. The smallest absolute Gasteiger partial charge is 0.171 e. The summed E-state index contributed by atoms with van der Waals surface area (Å²) in [4.78, 5) is 14.5. The summed E-state index contributed by atoms with van der Waals surface area (Å²) < 4.78 is 19.1. The molecule has 116 valence electrons. The van der Waals surface area contributed by atoms with Crippen LogP contribution in [0.1, 0.15) is 33.3 Å². The molecule has 4 heteroatoms. The summed E-state index contributed by atoms with van der Waals surface area (Å²) >= 11 is 0. The van der Waals surface area contributed by atoms with Gasteiger partial charge in [0.1, 0.15) is 11.4 Å². The number of ether oxygens (including phenoxy) is 1. The molecule has 1 aromatic carbocycles. The lowest BCUT2D eigenvalue weighted by Crippen LogP contribution is -2.39. The van der Waals surface area contributed by atoms with Gasteiger partial charge in [-0.05, 0) is 52.4 Å². The third-order valence-electron chi connectivity index (χ3n) is 4.10. The summed E-state index contributed by atoms with van der Waals surface area (Å²) in [5, 5.41) is 0. The van der Waals surface area contributed by atoms with Crippen LogP contribution in [0.2, 0.25) is 0 Å². The molecule has 3 nitrogen and oxygen atoms in total. The molecule has 1 aliphatic heterocycles. The Morgan fingerprint density at radius 1 is 1.29 bits per heavy atom. The zero-order valence-electron chi connectivity index (χ0n) is 13.4. The highest BCUT2D eigenvalue weighted by Gasteiger charge is 2.53. The minimum atomic E-state index is -0.728. The summed E-state index contributed by atoms with van der Waals surface area (Å²) in [6.45, 7) is 8.78. The van der Waals surface area contributed by atoms with E-state index in [1.54, 1.807) is 6.07 Å². The number of halogens is 1. The first-order chi connectivity index (χ1) is 9.62. The number of ketones is 1. The molecule has 0 amide bonds. The number of nitrogens with zero attached hydrogens (tertiary/aromatic N) is 1. The van der Waals surface area contributed by atoms with Gasteiger partial charge >= 0.3 is 0 Å². The van der Waals surface area contributed by atoms with Gasteiger partial charge in [-0.15, -0.1) is 0 Å². The van der Waals surface area contributed by atoms with E-state index >= 15 is 0 Å². The molecule has 0 radical (unpaired) electrons. The summed E-state index contributed by atoms with van der Waals surface area (Å²) in [6.07, 6.45) is 0. The quantitative estimate of drug-likeness (QED) is 0.854. The van der Waals surface area contributed by atoms with Gasteiger partial charge in [0.05, 0.1) is 11.5 Å². The van der Waals surface area contributed by atoms with E-state index in [-0.39, 0.29) is 17.5 Å². The second-order valence-corrected chi connectivity index (χ2v) is 6.96. The van der Waals surface area contributed by atoms with Crippen molar-refractivity contribution in [3.63, 3.8) is 0 Å².